The van der Waals surface area contributed by atoms with Gasteiger partial charge in [-0.3, -0.25) is 4.79 Å². The van der Waals surface area contributed by atoms with Crippen LogP contribution in [0.3, 0.4) is 0 Å². The molecule has 0 aliphatic carbocycles. The van der Waals surface area contributed by atoms with E-state index in [4.69, 9.17) is 9.57 Å². The third kappa shape index (κ3) is 3.74. The molecule has 134 valence electrons. The van der Waals surface area contributed by atoms with Gasteiger partial charge in [0.2, 0.25) is 0 Å². The number of aromatic nitrogens is 3. The lowest BCUT2D eigenvalue weighted by atomic mass is 10.1. The zero-order valence-electron chi connectivity index (χ0n) is 14.3. The van der Waals surface area contributed by atoms with Crippen LogP contribution in [0, 0.1) is 0 Å². The molecule has 1 N–H and O–H groups in total. The van der Waals surface area contributed by atoms with E-state index in [0.29, 0.717) is 18.7 Å². The number of carbonyl (C=O) groups is 1. The van der Waals surface area contributed by atoms with Crippen LogP contribution >= 0.6 is 0 Å². The van der Waals surface area contributed by atoms with E-state index in [0.717, 1.165) is 35.9 Å². The molecular weight excluding hydrogens is 332 g/mol. The minimum absolute atomic E-state index is 0.281. The lowest BCUT2D eigenvalue weighted by Gasteiger charge is -2.22. The van der Waals surface area contributed by atoms with E-state index in [1.54, 1.807) is 12.1 Å². The van der Waals surface area contributed by atoms with Gasteiger partial charge in [0, 0.05) is 18.6 Å². The standard InChI is InChI=1S/C19H20N4O3/c24-19(21-26-18-7-3-4-12-25-18)15-10-8-14(9-11-15)13-23-17-6-2-1-5-16(17)20-22-23/h1-2,5-6,8-11,18H,3-4,7,12-13H2,(H,21,24)/t18-/m1/s1. The third-order valence-corrected chi connectivity index (χ3v) is 4.39. The lowest BCUT2D eigenvalue weighted by Crippen LogP contribution is -2.33. The first-order chi connectivity index (χ1) is 12.8. The Hall–Kier alpha value is -2.77. The first-order valence-electron chi connectivity index (χ1n) is 8.74. The molecule has 7 nitrogen and oxygen atoms in total. The van der Waals surface area contributed by atoms with Crippen LogP contribution in [-0.2, 0) is 16.1 Å². The maximum atomic E-state index is 12.2. The van der Waals surface area contributed by atoms with E-state index in [1.807, 2.05) is 41.1 Å². The fourth-order valence-corrected chi connectivity index (χ4v) is 2.95. The number of carbonyl (C=O) groups excluding carboxylic acids is 1. The number of hydrogen-bond donors (Lipinski definition) is 1. The summed E-state index contributed by atoms with van der Waals surface area (Å²) in [6, 6.07) is 15.2. The van der Waals surface area contributed by atoms with Gasteiger partial charge in [-0.2, -0.15) is 0 Å². The van der Waals surface area contributed by atoms with E-state index < -0.39 is 0 Å². The molecule has 2 aromatic carbocycles. The van der Waals surface area contributed by atoms with Crippen molar-refractivity contribution in [2.45, 2.75) is 32.1 Å². The zero-order valence-corrected chi connectivity index (χ0v) is 14.3. The summed E-state index contributed by atoms with van der Waals surface area (Å²) < 4.78 is 7.27. The van der Waals surface area contributed by atoms with Crippen molar-refractivity contribution in [3.8, 4) is 0 Å². The second kappa shape index (κ2) is 7.63. The van der Waals surface area contributed by atoms with Crippen molar-refractivity contribution >= 4 is 16.9 Å². The number of rotatable bonds is 5. The average Bonchev–Trinajstić information content (AvgIpc) is 3.10. The van der Waals surface area contributed by atoms with Gasteiger partial charge < -0.3 is 4.74 Å². The van der Waals surface area contributed by atoms with E-state index >= 15 is 0 Å². The van der Waals surface area contributed by atoms with Crippen molar-refractivity contribution in [3.05, 3.63) is 59.7 Å². The fraction of sp³-hybridized carbons (Fsp3) is 0.316. The summed E-state index contributed by atoms with van der Waals surface area (Å²) in [5.41, 5.74) is 5.89. The number of ether oxygens (including phenoxy) is 1. The lowest BCUT2D eigenvalue weighted by molar-refractivity contribution is -0.186. The summed E-state index contributed by atoms with van der Waals surface area (Å²) in [6.45, 7) is 1.26. The minimum atomic E-state index is -0.354. The van der Waals surface area contributed by atoms with Gasteiger partial charge in [-0.15, -0.1) is 5.10 Å². The van der Waals surface area contributed by atoms with Crippen LogP contribution in [0.4, 0.5) is 0 Å². The Labute approximate surface area is 150 Å². The number of benzene rings is 2. The normalized spacial score (nSPS) is 17.3. The smallest absolute Gasteiger partial charge is 0.274 e. The third-order valence-electron chi connectivity index (χ3n) is 4.39. The number of amides is 1. The Kier molecular flexibility index (Phi) is 4.90. The molecule has 1 aliphatic rings. The highest BCUT2D eigenvalue weighted by Gasteiger charge is 2.16. The van der Waals surface area contributed by atoms with Crippen LogP contribution in [0.2, 0.25) is 0 Å². The van der Waals surface area contributed by atoms with Gasteiger partial charge in [0.15, 0.2) is 6.29 Å². The molecule has 4 rings (SSSR count). The monoisotopic (exact) mass is 352 g/mol. The Morgan fingerprint density at radius 1 is 1.19 bits per heavy atom. The van der Waals surface area contributed by atoms with Gasteiger partial charge in [0.25, 0.3) is 5.91 Å². The highest BCUT2D eigenvalue weighted by atomic mass is 16.8. The fourth-order valence-electron chi connectivity index (χ4n) is 2.95. The Morgan fingerprint density at radius 3 is 2.85 bits per heavy atom. The largest absolute Gasteiger partial charge is 0.350 e. The molecular formula is C19H20N4O3. The van der Waals surface area contributed by atoms with Crippen molar-refractivity contribution in [1.82, 2.24) is 20.5 Å². The first-order valence-corrected chi connectivity index (χ1v) is 8.74. The molecule has 0 radical (unpaired) electrons. The summed E-state index contributed by atoms with van der Waals surface area (Å²) in [7, 11) is 0. The van der Waals surface area contributed by atoms with Crippen LogP contribution in [0.1, 0.15) is 35.2 Å². The summed E-state index contributed by atoms with van der Waals surface area (Å²) >= 11 is 0. The summed E-state index contributed by atoms with van der Waals surface area (Å²) in [4.78, 5) is 17.5. The van der Waals surface area contributed by atoms with Crippen LogP contribution in [0.5, 0.6) is 0 Å². The van der Waals surface area contributed by atoms with Gasteiger partial charge in [-0.25, -0.2) is 15.0 Å². The molecule has 0 spiro atoms. The first kappa shape index (κ1) is 16.7. The molecule has 2 heterocycles. The second-order valence-corrected chi connectivity index (χ2v) is 6.28. The van der Waals surface area contributed by atoms with Crippen LogP contribution in [0.25, 0.3) is 11.0 Å². The second-order valence-electron chi connectivity index (χ2n) is 6.28. The molecule has 0 unspecified atom stereocenters. The molecule has 7 heteroatoms. The van der Waals surface area contributed by atoms with Crippen LogP contribution in [-0.4, -0.2) is 33.8 Å². The SMILES string of the molecule is O=C(NO[C@@H]1CCCCO1)c1ccc(Cn2nnc3ccccc32)cc1. The van der Waals surface area contributed by atoms with E-state index in [9.17, 15) is 4.79 Å². The van der Waals surface area contributed by atoms with E-state index in [-0.39, 0.29) is 12.2 Å². The predicted molar refractivity (Wildman–Crippen MR) is 95.2 cm³/mol. The van der Waals surface area contributed by atoms with E-state index in [1.165, 1.54) is 0 Å². The summed E-state index contributed by atoms with van der Waals surface area (Å²) in [5.74, 6) is -0.281. The molecule has 1 fully saturated rings. The topological polar surface area (TPSA) is 78.3 Å². The number of hydrogen-bond acceptors (Lipinski definition) is 5. The molecule has 1 aliphatic heterocycles. The van der Waals surface area contributed by atoms with Gasteiger partial charge in [-0.05, 0) is 42.7 Å². The van der Waals surface area contributed by atoms with Gasteiger partial charge >= 0.3 is 0 Å². The van der Waals surface area contributed by atoms with Crippen molar-refractivity contribution in [2.24, 2.45) is 0 Å². The summed E-state index contributed by atoms with van der Waals surface area (Å²) in [5, 5.41) is 8.33. The zero-order chi connectivity index (χ0) is 17.8. The molecule has 1 aromatic heterocycles. The number of fused-ring (bicyclic) bond motifs is 1. The average molecular weight is 352 g/mol. The molecule has 1 saturated heterocycles. The number of nitrogens with zero attached hydrogens (tertiary/aromatic N) is 3. The molecule has 0 bridgehead atoms. The molecule has 1 amide bonds. The van der Waals surface area contributed by atoms with Crippen LogP contribution < -0.4 is 5.48 Å². The van der Waals surface area contributed by atoms with E-state index in [2.05, 4.69) is 15.8 Å². The Balaban J connectivity index is 1.37. The van der Waals surface area contributed by atoms with Gasteiger partial charge in [-0.1, -0.05) is 29.5 Å². The highest BCUT2D eigenvalue weighted by Crippen LogP contribution is 2.14. The molecule has 3 aromatic rings. The molecule has 0 saturated carbocycles. The van der Waals surface area contributed by atoms with Gasteiger partial charge in [0.05, 0.1) is 12.1 Å². The maximum Gasteiger partial charge on any atom is 0.274 e. The van der Waals surface area contributed by atoms with Crippen molar-refractivity contribution in [2.75, 3.05) is 6.61 Å². The van der Waals surface area contributed by atoms with Crippen LogP contribution in [0.15, 0.2) is 48.5 Å². The quantitative estimate of drug-likeness (QED) is 0.714. The van der Waals surface area contributed by atoms with Crippen molar-refractivity contribution in [1.29, 1.82) is 0 Å². The number of nitrogens with one attached hydrogen (secondary N) is 1. The van der Waals surface area contributed by atoms with Crippen molar-refractivity contribution < 1.29 is 14.4 Å². The van der Waals surface area contributed by atoms with Gasteiger partial charge in [0.1, 0.15) is 5.52 Å². The Bertz CT molecular complexity index is 885. The highest BCUT2D eigenvalue weighted by molar-refractivity contribution is 5.93. The van der Waals surface area contributed by atoms with Crippen molar-refractivity contribution in [3.63, 3.8) is 0 Å². The number of para-hydroxylation sites is 1. The number of hydroxylamine groups is 1. The molecule has 1 atom stereocenters. The Morgan fingerprint density at radius 2 is 2.04 bits per heavy atom. The summed E-state index contributed by atoms with van der Waals surface area (Å²) in [6.07, 6.45) is 2.53. The predicted octanol–water partition coefficient (Wildman–Crippen LogP) is 2.67. The molecule has 26 heavy (non-hydrogen) atoms. The maximum absolute atomic E-state index is 12.2. The minimum Gasteiger partial charge on any atom is -0.350 e.